The Morgan fingerprint density at radius 2 is 1.87 bits per heavy atom. The monoisotopic (exact) mass is 567 g/mol. The molecule has 198 valence electrons. The summed E-state index contributed by atoms with van der Waals surface area (Å²) in [6.45, 7) is 1.61. The number of nitrogens with one attached hydrogen (secondary N) is 1. The highest BCUT2D eigenvalue weighted by Crippen LogP contribution is 2.32. The van der Waals surface area contributed by atoms with Crippen LogP contribution >= 0.6 is 22.9 Å². The first-order chi connectivity index (χ1) is 18.0. The van der Waals surface area contributed by atoms with Crippen LogP contribution in [0.4, 0.5) is 18.2 Å². The van der Waals surface area contributed by atoms with Crippen molar-refractivity contribution in [2.24, 2.45) is 0 Å². The van der Waals surface area contributed by atoms with E-state index in [1.807, 2.05) is 0 Å². The van der Waals surface area contributed by atoms with Crippen LogP contribution in [-0.4, -0.2) is 41.7 Å². The summed E-state index contributed by atoms with van der Waals surface area (Å²) < 4.78 is 52.6. The molecule has 0 unspecified atom stereocenters. The fourth-order valence-electron chi connectivity index (χ4n) is 3.48. The number of hydrogen-bond donors (Lipinski definition) is 1. The van der Waals surface area contributed by atoms with Crippen molar-refractivity contribution in [3.8, 4) is 17.2 Å². The minimum atomic E-state index is -4.90. The van der Waals surface area contributed by atoms with Crippen molar-refractivity contribution < 1.29 is 37.0 Å². The zero-order valence-electron chi connectivity index (χ0n) is 19.6. The van der Waals surface area contributed by atoms with Crippen LogP contribution in [0.1, 0.15) is 27.8 Å². The van der Waals surface area contributed by atoms with Crippen LogP contribution < -0.4 is 20.3 Å². The summed E-state index contributed by atoms with van der Waals surface area (Å²) in [7, 11) is 1.38. The van der Waals surface area contributed by atoms with Crippen LogP contribution in [0.25, 0.3) is 16.5 Å². The average molecular weight is 568 g/mol. The van der Waals surface area contributed by atoms with Gasteiger partial charge in [0.05, 0.1) is 30.4 Å². The molecule has 0 radical (unpaired) electrons. The SMILES string of the molecule is CCOC(=O)c1nn(-c2ccc(OC(F)(F)F)cc2)c(=O)c2c(NC(=O)c3cc(Cl)ccc3OC)scc12. The van der Waals surface area contributed by atoms with Crippen LogP contribution in [0.2, 0.25) is 5.02 Å². The fourth-order valence-corrected chi connectivity index (χ4v) is 4.59. The number of carbonyl (C=O) groups is 2. The lowest BCUT2D eigenvalue weighted by atomic mass is 10.1. The fraction of sp³-hybridized carbons (Fsp3) is 0.167. The summed E-state index contributed by atoms with van der Waals surface area (Å²) in [5.41, 5.74) is -0.833. The van der Waals surface area contributed by atoms with E-state index < -0.39 is 29.5 Å². The molecule has 0 aliphatic rings. The average Bonchev–Trinajstić information content (AvgIpc) is 3.28. The minimum Gasteiger partial charge on any atom is -0.496 e. The Hall–Kier alpha value is -4.10. The standard InChI is InChI=1S/C24H17ClF3N3O6S/c1-3-36-23(34)19-16-11-38-21(29-20(32)15-10-12(25)4-9-17(15)35-2)18(16)22(33)31(30-19)13-5-7-14(8-6-13)37-24(26,27)28/h4-11H,3H2,1-2H3,(H,29,32). The molecule has 2 aromatic carbocycles. The molecule has 1 amide bonds. The number of anilines is 1. The molecule has 0 spiro atoms. The van der Waals surface area contributed by atoms with Crippen LogP contribution in [0.3, 0.4) is 0 Å². The topological polar surface area (TPSA) is 109 Å². The van der Waals surface area contributed by atoms with Crippen molar-refractivity contribution in [2.45, 2.75) is 13.3 Å². The normalized spacial score (nSPS) is 11.3. The number of ether oxygens (including phenoxy) is 3. The lowest BCUT2D eigenvalue weighted by molar-refractivity contribution is -0.274. The number of carbonyl (C=O) groups excluding carboxylic acids is 2. The molecule has 0 bridgehead atoms. The maximum absolute atomic E-state index is 13.5. The van der Waals surface area contributed by atoms with E-state index in [1.165, 1.54) is 24.6 Å². The van der Waals surface area contributed by atoms with Crippen molar-refractivity contribution in [2.75, 3.05) is 19.0 Å². The number of esters is 1. The van der Waals surface area contributed by atoms with Crippen LogP contribution in [0, 0.1) is 0 Å². The first kappa shape index (κ1) is 26.9. The molecular weight excluding hydrogens is 551 g/mol. The highest BCUT2D eigenvalue weighted by atomic mass is 35.5. The van der Waals surface area contributed by atoms with E-state index in [4.69, 9.17) is 21.1 Å². The van der Waals surface area contributed by atoms with Crippen LogP contribution in [0.5, 0.6) is 11.5 Å². The van der Waals surface area contributed by atoms with Crippen LogP contribution in [-0.2, 0) is 4.74 Å². The number of nitrogens with zero attached hydrogens (tertiary/aromatic N) is 2. The summed E-state index contributed by atoms with van der Waals surface area (Å²) in [5.74, 6) is -1.75. The van der Waals surface area contributed by atoms with Crippen molar-refractivity contribution in [3.63, 3.8) is 0 Å². The van der Waals surface area contributed by atoms with E-state index >= 15 is 0 Å². The Morgan fingerprint density at radius 3 is 2.50 bits per heavy atom. The number of alkyl halides is 3. The number of aromatic nitrogens is 2. The Bertz CT molecular complexity index is 1580. The Labute approximate surface area is 221 Å². The first-order valence-electron chi connectivity index (χ1n) is 10.7. The van der Waals surface area contributed by atoms with E-state index in [0.29, 0.717) is 0 Å². The van der Waals surface area contributed by atoms with Gasteiger partial charge in [-0.3, -0.25) is 9.59 Å². The summed E-state index contributed by atoms with van der Waals surface area (Å²) in [5, 5.41) is 8.65. The second-order valence-electron chi connectivity index (χ2n) is 7.48. The van der Waals surface area contributed by atoms with Crippen molar-refractivity contribution in [1.29, 1.82) is 0 Å². The van der Waals surface area contributed by atoms with Crippen LogP contribution in [0.15, 0.2) is 52.6 Å². The van der Waals surface area contributed by atoms with Gasteiger partial charge in [-0.25, -0.2) is 4.79 Å². The number of thiophene rings is 1. The van der Waals surface area contributed by atoms with Gasteiger partial charge in [0.15, 0.2) is 5.69 Å². The number of halogens is 4. The van der Waals surface area contributed by atoms with Crippen molar-refractivity contribution in [3.05, 3.63) is 74.5 Å². The lowest BCUT2D eigenvalue weighted by Gasteiger charge is -2.12. The third-order valence-corrected chi connectivity index (χ3v) is 6.20. The minimum absolute atomic E-state index is 0.0207. The van der Waals surface area contributed by atoms with E-state index in [9.17, 15) is 27.6 Å². The predicted molar refractivity (Wildman–Crippen MR) is 134 cm³/mol. The summed E-state index contributed by atoms with van der Waals surface area (Å²) in [6, 6.07) is 8.75. The third kappa shape index (κ3) is 5.58. The molecule has 0 aliphatic heterocycles. The smallest absolute Gasteiger partial charge is 0.496 e. The number of benzene rings is 2. The second kappa shape index (κ2) is 10.7. The zero-order valence-corrected chi connectivity index (χ0v) is 21.2. The maximum atomic E-state index is 13.5. The van der Waals surface area contributed by atoms with Gasteiger partial charge in [-0.1, -0.05) is 11.6 Å². The number of amides is 1. The molecule has 38 heavy (non-hydrogen) atoms. The molecule has 1 N–H and O–H groups in total. The molecule has 0 saturated heterocycles. The Kier molecular flexibility index (Phi) is 7.60. The lowest BCUT2D eigenvalue weighted by Crippen LogP contribution is -2.25. The van der Waals surface area contributed by atoms with Crippen molar-refractivity contribution in [1.82, 2.24) is 9.78 Å². The molecule has 9 nitrogen and oxygen atoms in total. The van der Waals surface area contributed by atoms with E-state index in [2.05, 4.69) is 15.2 Å². The molecular formula is C24H17ClF3N3O6S. The first-order valence-corrected chi connectivity index (χ1v) is 12.0. The largest absolute Gasteiger partial charge is 0.573 e. The third-order valence-electron chi connectivity index (χ3n) is 5.07. The van der Waals surface area contributed by atoms with Gasteiger partial charge < -0.3 is 19.5 Å². The molecule has 0 fully saturated rings. The maximum Gasteiger partial charge on any atom is 0.573 e. The summed E-state index contributed by atoms with van der Waals surface area (Å²) in [4.78, 5) is 39.2. The van der Waals surface area contributed by atoms with Crippen molar-refractivity contribution >= 4 is 50.6 Å². The van der Waals surface area contributed by atoms with Gasteiger partial charge in [-0.2, -0.15) is 9.78 Å². The highest BCUT2D eigenvalue weighted by molar-refractivity contribution is 7.16. The molecule has 0 atom stereocenters. The molecule has 0 saturated carbocycles. The van der Waals surface area contributed by atoms with Gasteiger partial charge in [0.2, 0.25) is 0 Å². The Morgan fingerprint density at radius 1 is 1.16 bits per heavy atom. The van der Waals surface area contributed by atoms with Gasteiger partial charge in [0, 0.05) is 15.8 Å². The van der Waals surface area contributed by atoms with Gasteiger partial charge >= 0.3 is 12.3 Å². The number of rotatable bonds is 7. The number of hydrogen-bond acceptors (Lipinski definition) is 8. The van der Waals surface area contributed by atoms with E-state index in [-0.39, 0.29) is 50.1 Å². The van der Waals surface area contributed by atoms with Gasteiger partial charge in [0.1, 0.15) is 16.5 Å². The Balaban J connectivity index is 1.83. The summed E-state index contributed by atoms with van der Waals surface area (Å²) >= 11 is 6.99. The predicted octanol–water partition coefficient (Wildman–Crippen LogP) is 5.44. The molecule has 2 heterocycles. The highest BCUT2D eigenvalue weighted by Gasteiger charge is 2.31. The van der Waals surface area contributed by atoms with Gasteiger partial charge in [0.25, 0.3) is 11.5 Å². The molecule has 14 heteroatoms. The molecule has 4 rings (SSSR count). The van der Waals surface area contributed by atoms with Gasteiger partial charge in [-0.05, 0) is 49.4 Å². The number of methoxy groups -OCH3 is 1. The zero-order chi connectivity index (χ0) is 27.6. The van der Waals surface area contributed by atoms with E-state index in [0.717, 1.165) is 40.3 Å². The number of fused-ring (bicyclic) bond motifs is 1. The quantitative estimate of drug-likeness (QED) is 0.296. The molecule has 0 aliphatic carbocycles. The molecule has 2 aromatic heterocycles. The second-order valence-corrected chi connectivity index (χ2v) is 8.80. The summed E-state index contributed by atoms with van der Waals surface area (Å²) in [6.07, 6.45) is -4.90. The van der Waals surface area contributed by atoms with E-state index in [1.54, 1.807) is 13.0 Å². The van der Waals surface area contributed by atoms with Gasteiger partial charge in [-0.15, -0.1) is 24.5 Å². The molecule has 4 aromatic rings.